The lowest BCUT2D eigenvalue weighted by atomic mass is 10.3. The number of nitrogens with zero attached hydrogens (tertiary/aromatic N) is 2. The van der Waals surface area contributed by atoms with E-state index in [2.05, 4.69) is 0 Å². The molecule has 0 spiro atoms. The van der Waals surface area contributed by atoms with Gasteiger partial charge >= 0.3 is 6.09 Å². The Morgan fingerprint density at radius 1 is 1.73 bits per heavy atom. The van der Waals surface area contributed by atoms with Crippen molar-refractivity contribution in [3.63, 3.8) is 0 Å². The minimum atomic E-state index is -1.05. The van der Waals surface area contributed by atoms with Gasteiger partial charge in [0.2, 0.25) is 5.91 Å². The molecule has 1 aliphatic rings. The number of carbonyl (C=O) groups is 2. The van der Waals surface area contributed by atoms with Crippen molar-refractivity contribution in [2.75, 3.05) is 13.7 Å². The van der Waals surface area contributed by atoms with Crippen LogP contribution >= 0.6 is 0 Å². The first-order chi connectivity index (χ1) is 5.04. The lowest BCUT2D eigenvalue weighted by Gasteiger charge is -2.13. The molecule has 1 saturated heterocycles. The van der Waals surface area contributed by atoms with Crippen molar-refractivity contribution in [1.82, 2.24) is 9.80 Å². The van der Waals surface area contributed by atoms with Gasteiger partial charge in [0.15, 0.2) is 0 Å². The Morgan fingerprint density at radius 3 is 2.45 bits per heavy atom. The predicted octanol–water partition coefficient (Wildman–Crippen LogP) is -0.216. The number of rotatable bonds is 0. The Kier molecular flexibility index (Phi) is 1.72. The zero-order valence-electron chi connectivity index (χ0n) is 6.44. The van der Waals surface area contributed by atoms with Gasteiger partial charge < -0.3 is 10.0 Å². The average Bonchev–Trinajstić information content (AvgIpc) is 2.17. The van der Waals surface area contributed by atoms with E-state index in [1.165, 1.54) is 4.90 Å². The maximum atomic E-state index is 11.0. The molecule has 1 heterocycles. The van der Waals surface area contributed by atoms with E-state index in [4.69, 9.17) is 5.11 Å². The first kappa shape index (κ1) is 7.84. The number of carboxylic acid groups (broad SMARTS) is 1. The van der Waals surface area contributed by atoms with E-state index in [-0.39, 0.29) is 12.6 Å². The third-order valence-corrected chi connectivity index (χ3v) is 1.81. The van der Waals surface area contributed by atoms with Gasteiger partial charge in [-0.1, -0.05) is 0 Å². The highest BCUT2D eigenvalue weighted by Gasteiger charge is 2.35. The maximum absolute atomic E-state index is 11.0. The molecule has 1 fully saturated rings. The largest absolute Gasteiger partial charge is 0.465 e. The van der Waals surface area contributed by atoms with Gasteiger partial charge in [-0.3, -0.25) is 9.69 Å². The molecule has 0 aromatic rings. The highest BCUT2D eigenvalue weighted by Crippen LogP contribution is 2.11. The molecule has 1 N–H and O–H groups in total. The molecule has 0 bridgehead atoms. The van der Waals surface area contributed by atoms with Crippen LogP contribution in [0.2, 0.25) is 0 Å². The normalized spacial score (nSPS) is 24.5. The highest BCUT2D eigenvalue weighted by molar-refractivity contribution is 5.87. The van der Waals surface area contributed by atoms with Crippen LogP contribution < -0.4 is 0 Å². The summed E-state index contributed by atoms with van der Waals surface area (Å²) in [6.45, 7) is 1.76. The number of hydrogen-bond donors (Lipinski definition) is 1. The van der Waals surface area contributed by atoms with E-state index in [0.717, 1.165) is 4.90 Å². The van der Waals surface area contributed by atoms with Crippen molar-refractivity contribution in [3.8, 4) is 0 Å². The second-order valence-electron chi connectivity index (χ2n) is 2.61. The summed E-state index contributed by atoms with van der Waals surface area (Å²) in [5.74, 6) is -0.146. The fourth-order valence-corrected chi connectivity index (χ4v) is 1.10. The lowest BCUT2D eigenvalue weighted by Crippen LogP contribution is -2.34. The molecule has 2 amide bonds. The van der Waals surface area contributed by atoms with E-state index < -0.39 is 12.1 Å². The summed E-state index contributed by atoms with van der Waals surface area (Å²) in [5, 5.41) is 8.57. The molecule has 5 nitrogen and oxygen atoms in total. The lowest BCUT2D eigenvalue weighted by molar-refractivity contribution is -0.127. The molecule has 0 aliphatic carbocycles. The minimum absolute atomic E-state index is 0.146. The molecule has 1 aliphatic heterocycles. The first-order valence-corrected chi connectivity index (χ1v) is 3.28. The maximum Gasteiger partial charge on any atom is 0.409 e. The van der Waals surface area contributed by atoms with Crippen LogP contribution in [0.25, 0.3) is 0 Å². The van der Waals surface area contributed by atoms with Crippen LogP contribution in [-0.4, -0.2) is 46.7 Å². The Balaban J connectivity index is 2.75. The molecule has 0 radical (unpaired) electrons. The van der Waals surface area contributed by atoms with Crippen molar-refractivity contribution in [2.24, 2.45) is 0 Å². The summed E-state index contributed by atoms with van der Waals surface area (Å²) in [6.07, 6.45) is -1.05. The van der Waals surface area contributed by atoms with Gasteiger partial charge in [0.25, 0.3) is 0 Å². The van der Waals surface area contributed by atoms with Crippen molar-refractivity contribution < 1.29 is 14.7 Å². The second kappa shape index (κ2) is 2.41. The zero-order valence-corrected chi connectivity index (χ0v) is 6.44. The van der Waals surface area contributed by atoms with E-state index in [1.54, 1.807) is 14.0 Å². The third-order valence-electron chi connectivity index (χ3n) is 1.81. The first-order valence-electron chi connectivity index (χ1n) is 3.28. The summed E-state index contributed by atoms with van der Waals surface area (Å²) in [7, 11) is 1.59. The van der Waals surface area contributed by atoms with Crippen LogP contribution in [0.1, 0.15) is 6.92 Å². The second-order valence-corrected chi connectivity index (χ2v) is 2.61. The third kappa shape index (κ3) is 1.13. The molecule has 0 aromatic heterocycles. The molecule has 5 heteroatoms. The van der Waals surface area contributed by atoms with E-state index in [9.17, 15) is 9.59 Å². The van der Waals surface area contributed by atoms with Crippen LogP contribution in [-0.2, 0) is 4.79 Å². The fourth-order valence-electron chi connectivity index (χ4n) is 1.10. The van der Waals surface area contributed by atoms with Gasteiger partial charge in [-0.15, -0.1) is 0 Å². The monoisotopic (exact) mass is 158 g/mol. The number of likely N-dealkylation sites (N-methyl/N-ethyl adjacent to an activating group) is 1. The molecular weight excluding hydrogens is 148 g/mol. The molecule has 11 heavy (non-hydrogen) atoms. The Bertz CT molecular complexity index is 204. The van der Waals surface area contributed by atoms with Crippen LogP contribution in [0.4, 0.5) is 4.79 Å². The summed E-state index contributed by atoms with van der Waals surface area (Å²) in [4.78, 5) is 24.0. The molecule has 0 aromatic carbocycles. The summed E-state index contributed by atoms with van der Waals surface area (Å²) in [6, 6.07) is -0.530. The minimum Gasteiger partial charge on any atom is -0.465 e. The summed E-state index contributed by atoms with van der Waals surface area (Å²) >= 11 is 0. The number of hydrogen-bond acceptors (Lipinski definition) is 2. The predicted molar refractivity (Wildman–Crippen MR) is 37.0 cm³/mol. The molecule has 0 saturated carbocycles. The topological polar surface area (TPSA) is 60.9 Å². The van der Waals surface area contributed by atoms with Crippen molar-refractivity contribution in [1.29, 1.82) is 0 Å². The molecule has 1 rings (SSSR count). The Morgan fingerprint density at radius 2 is 2.27 bits per heavy atom. The van der Waals surface area contributed by atoms with Crippen molar-refractivity contribution in [3.05, 3.63) is 0 Å². The van der Waals surface area contributed by atoms with Gasteiger partial charge in [-0.2, -0.15) is 0 Å². The van der Waals surface area contributed by atoms with Gasteiger partial charge in [0.05, 0.1) is 6.67 Å². The Labute approximate surface area is 64.2 Å². The van der Waals surface area contributed by atoms with Crippen LogP contribution in [0.5, 0.6) is 0 Å². The number of amides is 2. The molecule has 62 valence electrons. The van der Waals surface area contributed by atoms with E-state index in [1.807, 2.05) is 0 Å². The average molecular weight is 158 g/mol. The van der Waals surface area contributed by atoms with Gasteiger partial charge in [0.1, 0.15) is 6.04 Å². The standard InChI is InChI=1S/C6H10N2O3/c1-4-5(9)7(2)3-8(4)6(10)11/h4H,3H2,1-2H3,(H,10,11)/t4-/m0/s1. The van der Waals surface area contributed by atoms with Crippen molar-refractivity contribution in [2.45, 2.75) is 13.0 Å². The van der Waals surface area contributed by atoms with Gasteiger partial charge in [-0.25, -0.2) is 4.79 Å². The van der Waals surface area contributed by atoms with Crippen molar-refractivity contribution >= 4 is 12.0 Å². The van der Waals surface area contributed by atoms with Crippen LogP contribution in [0.15, 0.2) is 0 Å². The summed E-state index contributed by atoms with van der Waals surface area (Å²) < 4.78 is 0. The smallest absolute Gasteiger partial charge is 0.409 e. The fraction of sp³-hybridized carbons (Fsp3) is 0.667. The molecule has 0 unspecified atom stereocenters. The molecule has 1 atom stereocenters. The highest BCUT2D eigenvalue weighted by atomic mass is 16.4. The van der Waals surface area contributed by atoms with E-state index >= 15 is 0 Å². The van der Waals surface area contributed by atoms with E-state index in [0.29, 0.717) is 0 Å². The van der Waals surface area contributed by atoms with Crippen LogP contribution in [0.3, 0.4) is 0 Å². The molecular formula is C6H10N2O3. The Hall–Kier alpha value is -1.26. The number of carbonyl (C=O) groups excluding carboxylic acids is 1. The zero-order chi connectivity index (χ0) is 8.59. The summed E-state index contributed by atoms with van der Waals surface area (Å²) in [5.41, 5.74) is 0. The SMILES string of the molecule is C[C@H]1C(=O)N(C)CN1C(=O)O. The van der Waals surface area contributed by atoms with Gasteiger partial charge in [-0.05, 0) is 6.92 Å². The van der Waals surface area contributed by atoms with Gasteiger partial charge in [0, 0.05) is 7.05 Å². The quantitative estimate of drug-likeness (QED) is 0.530. The van der Waals surface area contributed by atoms with Crippen LogP contribution in [0, 0.1) is 0 Å².